The second kappa shape index (κ2) is 6.71. The van der Waals surface area contributed by atoms with Crippen molar-refractivity contribution in [3.63, 3.8) is 0 Å². The van der Waals surface area contributed by atoms with Crippen molar-refractivity contribution in [3.8, 4) is 0 Å². The Labute approximate surface area is 118 Å². The summed E-state index contributed by atoms with van der Waals surface area (Å²) in [5.41, 5.74) is 0.822. The number of aromatic nitrogens is 1. The van der Waals surface area contributed by atoms with Crippen molar-refractivity contribution in [1.29, 1.82) is 0 Å². The molecule has 0 spiro atoms. The number of rotatable bonds is 4. The van der Waals surface area contributed by atoms with E-state index in [4.69, 9.17) is 27.9 Å². The molecule has 5 heteroatoms. The maximum Gasteiger partial charge on any atom is 0.129 e. The van der Waals surface area contributed by atoms with Gasteiger partial charge in [-0.05, 0) is 38.4 Å². The first-order valence-electron chi connectivity index (χ1n) is 6.26. The molecule has 3 nitrogen and oxygen atoms in total. The topological polar surface area (TPSA) is 25.4 Å². The van der Waals surface area contributed by atoms with Crippen LogP contribution < -0.4 is 0 Å². The van der Waals surface area contributed by atoms with Crippen LogP contribution in [0.4, 0.5) is 0 Å². The maximum atomic E-state index is 6.10. The van der Waals surface area contributed by atoms with E-state index in [1.165, 1.54) is 12.8 Å². The highest BCUT2D eigenvalue weighted by Gasteiger charge is 2.16. The van der Waals surface area contributed by atoms with Crippen LogP contribution in [0, 0.1) is 0 Å². The van der Waals surface area contributed by atoms with Crippen LogP contribution in [0.15, 0.2) is 12.1 Å². The van der Waals surface area contributed by atoms with Crippen molar-refractivity contribution in [2.75, 3.05) is 20.2 Å². The molecule has 2 heterocycles. The zero-order valence-electron chi connectivity index (χ0n) is 10.5. The lowest BCUT2D eigenvalue weighted by molar-refractivity contribution is -0.00274. The Bertz CT molecular complexity index is 395. The van der Waals surface area contributed by atoms with Gasteiger partial charge in [0.25, 0.3) is 0 Å². The van der Waals surface area contributed by atoms with Gasteiger partial charge in [0.15, 0.2) is 0 Å². The fourth-order valence-electron chi connectivity index (χ4n) is 2.19. The standard InChI is InChI=1S/C13H18Cl2N2O/c1-17(8-10-4-2-3-7-18-10)9-12-11(14)5-6-13(15)16-12/h5-6,10H,2-4,7-9H2,1H3. The number of nitrogens with zero attached hydrogens (tertiary/aromatic N) is 2. The van der Waals surface area contributed by atoms with Gasteiger partial charge in [0.1, 0.15) is 5.15 Å². The first kappa shape index (κ1) is 14.1. The number of likely N-dealkylation sites (N-methyl/N-ethyl adjacent to an activating group) is 1. The van der Waals surface area contributed by atoms with Crippen LogP contribution in [0.3, 0.4) is 0 Å². The molecular weight excluding hydrogens is 271 g/mol. The van der Waals surface area contributed by atoms with Crippen LogP contribution in [-0.4, -0.2) is 36.2 Å². The van der Waals surface area contributed by atoms with Crippen molar-refractivity contribution in [3.05, 3.63) is 28.0 Å². The minimum Gasteiger partial charge on any atom is -0.377 e. The van der Waals surface area contributed by atoms with Crippen LogP contribution in [0.2, 0.25) is 10.2 Å². The molecule has 0 amide bonds. The Kier molecular flexibility index (Phi) is 5.25. The molecule has 1 aromatic heterocycles. The van der Waals surface area contributed by atoms with Crippen molar-refractivity contribution in [2.45, 2.75) is 31.9 Å². The molecule has 100 valence electrons. The smallest absolute Gasteiger partial charge is 0.129 e. The fourth-order valence-corrected chi connectivity index (χ4v) is 2.52. The molecule has 0 bridgehead atoms. The highest BCUT2D eigenvalue weighted by molar-refractivity contribution is 6.32. The van der Waals surface area contributed by atoms with Crippen LogP contribution in [0.25, 0.3) is 0 Å². The second-order valence-electron chi connectivity index (χ2n) is 4.75. The molecule has 0 radical (unpaired) electrons. The lowest BCUT2D eigenvalue weighted by atomic mass is 10.1. The Morgan fingerprint density at radius 3 is 2.94 bits per heavy atom. The second-order valence-corrected chi connectivity index (χ2v) is 5.54. The number of ether oxygens (including phenoxy) is 1. The number of pyridine rings is 1. The summed E-state index contributed by atoms with van der Waals surface area (Å²) in [6.07, 6.45) is 3.92. The summed E-state index contributed by atoms with van der Waals surface area (Å²) < 4.78 is 5.72. The molecular formula is C13H18Cl2N2O. The zero-order chi connectivity index (χ0) is 13.0. The van der Waals surface area contributed by atoms with Gasteiger partial charge in [0, 0.05) is 19.7 Å². The Hall–Kier alpha value is -0.350. The highest BCUT2D eigenvalue weighted by Crippen LogP contribution is 2.19. The van der Waals surface area contributed by atoms with E-state index in [1.54, 1.807) is 12.1 Å². The molecule has 0 aromatic carbocycles. The number of hydrogen-bond donors (Lipinski definition) is 0. The lowest BCUT2D eigenvalue weighted by Crippen LogP contribution is -2.33. The molecule has 1 fully saturated rings. The molecule has 0 aliphatic carbocycles. The van der Waals surface area contributed by atoms with Crippen molar-refractivity contribution in [2.24, 2.45) is 0 Å². The molecule has 1 unspecified atom stereocenters. The molecule has 1 aliphatic heterocycles. The van der Waals surface area contributed by atoms with Gasteiger partial charge in [0.2, 0.25) is 0 Å². The van der Waals surface area contributed by atoms with Gasteiger partial charge in [-0.25, -0.2) is 4.98 Å². The van der Waals surface area contributed by atoms with E-state index in [0.29, 0.717) is 22.8 Å². The van der Waals surface area contributed by atoms with Crippen molar-refractivity contribution >= 4 is 23.2 Å². The van der Waals surface area contributed by atoms with Gasteiger partial charge in [0.05, 0.1) is 16.8 Å². The number of hydrogen-bond acceptors (Lipinski definition) is 3. The van der Waals surface area contributed by atoms with Gasteiger partial charge in [-0.3, -0.25) is 4.90 Å². The third kappa shape index (κ3) is 4.09. The van der Waals surface area contributed by atoms with Crippen LogP contribution in [-0.2, 0) is 11.3 Å². The summed E-state index contributed by atoms with van der Waals surface area (Å²) in [4.78, 5) is 6.44. The van der Waals surface area contributed by atoms with E-state index in [-0.39, 0.29) is 0 Å². The molecule has 1 saturated heterocycles. The van der Waals surface area contributed by atoms with Crippen LogP contribution in [0.1, 0.15) is 25.0 Å². The highest BCUT2D eigenvalue weighted by atomic mass is 35.5. The third-order valence-electron chi connectivity index (χ3n) is 3.09. The molecule has 1 aliphatic rings. The van der Waals surface area contributed by atoms with E-state index in [2.05, 4.69) is 16.9 Å². The van der Waals surface area contributed by atoms with Crippen LogP contribution >= 0.6 is 23.2 Å². The summed E-state index contributed by atoms with van der Waals surface area (Å²) in [7, 11) is 2.05. The monoisotopic (exact) mass is 288 g/mol. The predicted molar refractivity (Wildman–Crippen MR) is 74.2 cm³/mol. The van der Waals surface area contributed by atoms with E-state index in [9.17, 15) is 0 Å². The predicted octanol–water partition coefficient (Wildman–Crippen LogP) is 3.39. The Morgan fingerprint density at radius 1 is 1.39 bits per heavy atom. The summed E-state index contributed by atoms with van der Waals surface area (Å²) in [5, 5.41) is 1.15. The summed E-state index contributed by atoms with van der Waals surface area (Å²) in [5.74, 6) is 0. The molecule has 1 aromatic rings. The number of halogens is 2. The molecule has 2 rings (SSSR count). The quantitative estimate of drug-likeness (QED) is 0.794. The minimum absolute atomic E-state index is 0.335. The van der Waals surface area contributed by atoms with Gasteiger partial charge < -0.3 is 4.74 Å². The normalized spacial score (nSPS) is 20.3. The maximum absolute atomic E-state index is 6.10. The molecule has 0 N–H and O–H groups in total. The van der Waals surface area contributed by atoms with Gasteiger partial charge in [-0.15, -0.1) is 0 Å². The van der Waals surface area contributed by atoms with Crippen LogP contribution in [0.5, 0.6) is 0 Å². The van der Waals surface area contributed by atoms with Gasteiger partial charge in [-0.2, -0.15) is 0 Å². The largest absolute Gasteiger partial charge is 0.377 e. The average Bonchev–Trinajstić information content (AvgIpc) is 2.35. The Morgan fingerprint density at radius 2 is 2.22 bits per heavy atom. The first-order valence-corrected chi connectivity index (χ1v) is 7.02. The first-order chi connectivity index (χ1) is 8.65. The molecule has 0 saturated carbocycles. The molecule has 1 atom stereocenters. The third-order valence-corrected chi connectivity index (χ3v) is 3.65. The summed E-state index contributed by atoms with van der Waals surface area (Å²) >= 11 is 12.0. The van der Waals surface area contributed by atoms with E-state index >= 15 is 0 Å². The SMILES string of the molecule is CN(Cc1nc(Cl)ccc1Cl)CC1CCCCO1. The average molecular weight is 289 g/mol. The van der Waals surface area contributed by atoms with E-state index in [1.807, 2.05) is 0 Å². The summed E-state index contributed by atoms with van der Waals surface area (Å²) in [6, 6.07) is 3.49. The molecule has 18 heavy (non-hydrogen) atoms. The lowest BCUT2D eigenvalue weighted by Gasteiger charge is -2.27. The van der Waals surface area contributed by atoms with E-state index in [0.717, 1.165) is 25.3 Å². The van der Waals surface area contributed by atoms with E-state index < -0.39 is 0 Å². The Balaban J connectivity index is 1.89. The zero-order valence-corrected chi connectivity index (χ0v) is 12.0. The van der Waals surface area contributed by atoms with Crippen molar-refractivity contribution < 1.29 is 4.74 Å². The minimum atomic E-state index is 0.335. The van der Waals surface area contributed by atoms with Crippen molar-refractivity contribution in [1.82, 2.24) is 9.88 Å². The fraction of sp³-hybridized carbons (Fsp3) is 0.615. The summed E-state index contributed by atoms with van der Waals surface area (Å²) in [6.45, 7) is 2.48. The van der Waals surface area contributed by atoms with Gasteiger partial charge in [-0.1, -0.05) is 23.2 Å². The van der Waals surface area contributed by atoms with Gasteiger partial charge >= 0.3 is 0 Å².